The zero-order chi connectivity index (χ0) is 15.1. The summed E-state index contributed by atoms with van der Waals surface area (Å²) >= 11 is 0. The number of hydrogen-bond donors (Lipinski definition) is 0. The molecule has 0 radical (unpaired) electrons. The number of rotatable bonds is 6. The number of nitrogens with zero attached hydrogens (tertiary/aromatic N) is 3. The number of ether oxygens (including phenoxy) is 1. The van der Waals surface area contributed by atoms with Crippen LogP contribution in [-0.2, 0) is 6.42 Å². The molecule has 4 heteroatoms. The van der Waals surface area contributed by atoms with Crippen LogP contribution in [0.2, 0.25) is 0 Å². The Hall–Kier alpha value is -2.38. The molecular weight excluding hydrogens is 262 g/mol. The maximum atomic E-state index is 9.47. The van der Waals surface area contributed by atoms with Gasteiger partial charge in [0, 0.05) is 18.9 Å². The Morgan fingerprint density at radius 1 is 1.29 bits per heavy atom. The van der Waals surface area contributed by atoms with Crippen LogP contribution in [0.1, 0.15) is 17.2 Å². The van der Waals surface area contributed by atoms with E-state index in [0.717, 1.165) is 24.3 Å². The monoisotopic (exact) mass is 281 g/mol. The Morgan fingerprint density at radius 2 is 2.05 bits per heavy atom. The molecule has 2 aromatic rings. The summed E-state index contributed by atoms with van der Waals surface area (Å²) in [6.45, 7) is 0.805. The van der Waals surface area contributed by atoms with Gasteiger partial charge in [0.2, 0.25) is 0 Å². The Bertz CT molecular complexity index is 607. The zero-order valence-corrected chi connectivity index (χ0v) is 12.4. The predicted molar refractivity (Wildman–Crippen MR) is 81.9 cm³/mol. The Balaban J connectivity index is 2.04. The normalized spacial score (nSPS) is 11.9. The maximum absolute atomic E-state index is 9.47. The molecule has 0 amide bonds. The first kappa shape index (κ1) is 15.0. The summed E-state index contributed by atoms with van der Waals surface area (Å²) in [6.07, 6.45) is 4.47. The first-order valence-electron chi connectivity index (χ1n) is 6.87. The molecule has 21 heavy (non-hydrogen) atoms. The van der Waals surface area contributed by atoms with Crippen molar-refractivity contribution in [3.05, 3.63) is 59.9 Å². The van der Waals surface area contributed by atoms with Crippen molar-refractivity contribution in [2.24, 2.45) is 0 Å². The summed E-state index contributed by atoms with van der Waals surface area (Å²) < 4.78 is 5.22. The van der Waals surface area contributed by atoms with Gasteiger partial charge in [-0.15, -0.1) is 0 Å². The lowest BCUT2D eigenvalue weighted by Gasteiger charge is -2.23. The van der Waals surface area contributed by atoms with Crippen molar-refractivity contribution >= 4 is 0 Å². The average molecular weight is 281 g/mol. The highest BCUT2D eigenvalue weighted by Crippen LogP contribution is 2.23. The van der Waals surface area contributed by atoms with Crippen LogP contribution in [0, 0.1) is 11.3 Å². The van der Waals surface area contributed by atoms with E-state index in [1.54, 1.807) is 19.5 Å². The Kier molecular flexibility index (Phi) is 5.30. The van der Waals surface area contributed by atoms with Crippen molar-refractivity contribution in [3.8, 4) is 11.8 Å². The van der Waals surface area contributed by atoms with Crippen LogP contribution >= 0.6 is 0 Å². The summed E-state index contributed by atoms with van der Waals surface area (Å²) in [5.41, 5.74) is 2.17. The van der Waals surface area contributed by atoms with E-state index in [-0.39, 0.29) is 6.04 Å². The van der Waals surface area contributed by atoms with Crippen LogP contribution in [0.25, 0.3) is 0 Å². The van der Waals surface area contributed by atoms with E-state index in [1.165, 1.54) is 5.56 Å². The third kappa shape index (κ3) is 4.04. The highest BCUT2D eigenvalue weighted by molar-refractivity contribution is 5.33. The van der Waals surface area contributed by atoms with E-state index in [1.807, 2.05) is 43.4 Å². The SMILES string of the molecule is COc1cccc(C(C#N)N(C)CCc2ccncc2)c1. The maximum Gasteiger partial charge on any atom is 0.123 e. The van der Waals surface area contributed by atoms with Gasteiger partial charge in [-0.1, -0.05) is 12.1 Å². The van der Waals surface area contributed by atoms with Crippen molar-refractivity contribution < 1.29 is 4.74 Å². The number of likely N-dealkylation sites (N-methyl/N-ethyl adjacent to an activating group) is 1. The van der Waals surface area contributed by atoms with Crippen LogP contribution in [0.5, 0.6) is 5.75 Å². The summed E-state index contributed by atoms with van der Waals surface area (Å²) in [7, 11) is 3.60. The van der Waals surface area contributed by atoms with Gasteiger partial charge in [0.05, 0.1) is 13.2 Å². The largest absolute Gasteiger partial charge is 0.497 e. The lowest BCUT2D eigenvalue weighted by molar-refractivity contribution is 0.294. The highest BCUT2D eigenvalue weighted by atomic mass is 16.5. The van der Waals surface area contributed by atoms with E-state index >= 15 is 0 Å². The molecule has 0 spiro atoms. The molecule has 0 aliphatic heterocycles. The molecule has 1 aromatic carbocycles. The number of nitriles is 1. The van der Waals surface area contributed by atoms with Gasteiger partial charge in [0.25, 0.3) is 0 Å². The number of hydrogen-bond acceptors (Lipinski definition) is 4. The third-order valence-corrected chi connectivity index (χ3v) is 3.48. The third-order valence-electron chi connectivity index (χ3n) is 3.48. The summed E-state index contributed by atoms with van der Waals surface area (Å²) in [4.78, 5) is 6.06. The first-order valence-corrected chi connectivity index (χ1v) is 6.87. The molecule has 4 nitrogen and oxygen atoms in total. The van der Waals surface area contributed by atoms with Crippen LogP contribution in [0.15, 0.2) is 48.8 Å². The number of pyridine rings is 1. The molecule has 0 aliphatic carbocycles. The standard InChI is InChI=1S/C17H19N3O/c1-20(11-8-14-6-9-19-10-7-14)17(13-18)15-4-3-5-16(12-15)21-2/h3-7,9-10,12,17H,8,11H2,1-2H3. The van der Waals surface area contributed by atoms with E-state index in [4.69, 9.17) is 4.74 Å². The molecule has 0 aliphatic rings. The van der Waals surface area contributed by atoms with E-state index in [0.29, 0.717) is 0 Å². The van der Waals surface area contributed by atoms with Crippen molar-refractivity contribution in [2.75, 3.05) is 20.7 Å². The second-order valence-electron chi connectivity index (χ2n) is 4.89. The van der Waals surface area contributed by atoms with Crippen molar-refractivity contribution in [1.29, 1.82) is 5.26 Å². The molecule has 0 N–H and O–H groups in total. The first-order chi connectivity index (χ1) is 10.2. The number of aromatic nitrogens is 1. The van der Waals surface area contributed by atoms with Crippen LogP contribution in [0.4, 0.5) is 0 Å². The molecule has 1 unspecified atom stereocenters. The second kappa shape index (κ2) is 7.41. The average Bonchev–Trinajstić information content (AvgIpc) is 2.55. The molecule has 0 saturated heterocycles. The topological polar surface area (TPSA) is 49.1 Å². The molecule has 0 fully saturated rings. The fraction of sp³-hybridized carbons (Fsp3) is 0.294. The van der Waals surface area contributed by atoms with Gasteiger partial charge in [0.15, 0.2) is 0 Å². The van der Waals surface area contributed by atoms with Gasteiger partial charge in [-0.25, -0.2) is 0 Å². The lowest BCUT2D eigenvalue weighted by Crippen LogP contribution is -2.26. The summed E-state index contributed by atoms with van der Waals surface area (Å²) in [5.74, 6) is 0.773. The molecular formula is C17H19N3O. The minimum Gasteiger partial charge on any atom is -0.497 e. The molecule has 2 rings (SSSR count). The van der Waals surface area contributed by atoms with Crippen LogP contribution in [-0.4, -0.2) is 30.6 Å². The van der Waals surface area contributed by atoms with Gasteiger partial charge in [-0.05, 0) is 48.9 Å². The fourth-order valence-electron chi connectivity index (χ4n) is 2.22. The minimum atomic E-state index is -0.276. The van der Waals surface area contributed by atoms with Gasteiger partial charge in [0.1, 0.15) is 11.8 Å². The van der Waals surface area contributed by atoms with Crippen LogP contribution < -0.4 is 4.74 Å². The van der Waals surface area contributed by atoms with E-state index in [2.05, 4.69) is 16.0 Å². The van der Waals surface area contributed by atoms with Crippen molar-refractivity contribution in [3.63, 3.8) is 0 Å². The van der Waals surface area contributed by atoms with Gasteiger partial charge in [-0.3, -0.25) is 9.88 Å². The predicted octanol–water partition coefficient (Wildman–Crippen LogP) is 2.83. The number of methoxy groups -OCH3 is 1. The Labute approximate surface area is 125 Å². The molecule has 108 valence electrons. The van der Waals surface area contributed by atoms with Crippen molar-refractivity contribution in [1.82, 2.24) is 9.88 Å². The zero-order valence-electron chi connectivity index (χ0n) is 12.4. The van der Waals surface area contributed by atoms with Crippen LogP contribution in [0.3, 0.4) is 0 Å². The minimum absolute atomic E-state index is 0.276. The smallest absolute Gasteiger partial charge is 0.123 e. The number of benzene rings is 1. The fourth-order valence-corrected chi connectivity index (χ4v) is 2.22. The molecule has 1 aromatic heterocycles. The highest BCUT2D eigenvalue weighted by Gasteiger charge is 2.16. The van der Waals surface area contributed by atoms with Gasteiger partial charge in [-0.2, -0.15) is 5.26 Å². The molecule has 1 atom stereocenters. The second-order valence-corrected chi connectivity index (χ2v) is 4.89. The molecule has 0 saturated carbocycles. The lowest BCUT2D eigenvalue weighted by atomic mass is 10.1. The Morgan fingerprint density at radius 3 is 2.71 bits per heavy atom. The molecule has 0 bridgehead atoms. The van der Waals surface area contributed by atoms with E-state index < -0.39 is 0 Å². The summed E-state index contributed by atoms with van der Waals surface area (Å²) in [5, 5.41) is 9.47. The quantitative estimate of drug-likeness (QED) is 0.817. The summed E-state index contributed by atoms with van der Waals surface area (Å²) in [6, 6.07) is 13.8. The molecule has 1 heterocycles. The van der Waals surface area contributed by atoms with Gasteiger partial charge >= 0.3 is 0 Å². The van der Waals surface area contributed by atoms with Crippen molar-refractivity contribution in [2.45, 2.75) is 12.5 Å². The van der Waals surface area contributed by atoms with Gasteiger partial charge < -0.3 is 4.74 Å². The van der Waals surface area contributed by atoms with E-state index in [9.17, 15) is 5.26 Å².